The molecule has 0 spiro atoms. The lowest BCUT2D eigenvalue weighted by Gasteiger charge is -2.32. The molecule has 2 aromatic rings. The van der Waals surface area contributed by atoms with Crippen LogP contribution in [0.2, 0.25) is 5.02 Å². The molecular weight excluding hydrogens is 376 g/mol. The summed E-state index contributed by atoms with van der Waals surface area (Å²) in [5.74, 6) is 1.27. The molecule has 6 heteroatoms. The monoisotopic (exact) mass is 398 g/mol. The van der Waals surface area contributed by atoms with Crippen molar-refractivity contribution >= 4 is 29.1 Å². The molecule has 1 aliphatic carbocycles. The third kappa shape index (κ3) is 4.47. The van der Waals surface area contributed by atoms with Gasteiger partial charge in [0.15, 0.2) is 5.75 Å². The number of ether oxygens (including phenoxy) is 1. The predicted molar refractivity (Wildman–Crippen MR) is 109 cm³/mol. The number of benzene rings is 2. The summed E-state index contributed by atoms with van der Waals surface area (Å²) in [4.78, 5) is 27.1. The summed E-state index contributed by atoms with van der Waals surface area (Å²) in [6, 6.07) is 14.5. The van der Waals surface area contributed by atoms with Gasteiger partial charge in [-0.1, -0.05) is 29.8 Å². The fraction of sp³-hybridized carbons (Fsp3) is 0.364. The summed E-state index contributed by atoms with van der Waals surface area (Å²) in [5, 5.41) is 3.48. The van der Waals surface area contributed by atoms with E-state index in [4.69, 9.17) is 16.3 Å². The minimum atomic E-state index is -0.222. The average molecular weight is 399 g/mol. The third-order valence-electron chi connectivity index (χ3n) is 5.20. The fourth-order valence-electron chi connectivity index (χ4n) is 3.52. The SMILES string of the molecule is O=C(Nc1cc(Cl)ccc1Oc1ccccc1)C1CCCN(C(=O)C2CC2)C1. The Morgan fingerprint density at radius 1 is 1.04 bits per heavy atom. The van der Waals surface area contributed by atoms with Crippen molar-refractivity contribution < 1.29 is 14.3 Å². The number of rotatable bonds is 5. The highest BCUT2D eigenvalue weighted by Crippen LogP contribution is 2.34. The van der Waals surface area contributed by atoms with E-state index in [-0.39, 0.29) is 23.7 Å². The van der Waals surface area contributed by atoms with Gasteiger partial charge in [-0.25, -0.2) is 0 Å². The van der Waals surface area contributed by atoms with Crippen LogP contribution in [0.15, 0.2) is 48.5 Å². The highest BCUT2D eigenvalue weighted by molar-refractivity contribution is 6.31. The summed E-state index contributed by atoms with van der Waals surface area (Å²) in [5.41, 5.74) is 0.534. The zero-order valence-electron chi connectivity index (χ0n) is 15.6. The quantitative estimate of drug-likeness (QED) is 0.792. The number of hydrogen-bond donors (Lipinski definition) is 1. The first-order valence-corrected chi connectivity index (χ1v) is 10.1. The molecule has 28 heavy (non-hydrogen) atoms. The Hall–Kier alpha value is -2.53. The van der Waals surface area contributed by atoms with Gasteiger partial charge >= 0.3 is 0 Å². The Kier molecular flexibility index (Phi) is 5.53. The molecule has 2 amide bonds. The molecule has 1 saturated carbocycles. The van der Waals surface area contributed by atoms with Crippen LogP contribution < -0.4 is 10.1 Å². The molecule has 146 valence electrons. The van der Waals surface area contributed by atoms with Crippen LogP contribution in [0.3, 0.4) is 0 Å². The van der Waals surface area contributed by atoms with Crippen LogP contribution in [0.4, 0.5) is 5.69 Å². The molecule has 0 bridgehead atoms. The van der Waals surface area contributed by atoms with E-state index < -0.39 is 0 Å². The van der Waals surface area contributed by atoms with Crippen molar-refractivity contribution in [3.8, 4) is 11.5 Å². The highest BCUT2D eigenvalue weighted by Gasteiger charge is 2.36. The maximum atomic E-state index is 12.9. The van der Waals surface area contributed by atoms with Gasteiger partial charge < -0.3 is 15.0 Å². The van der Waals surface area contributed by atoms with Crippen LogP contribution in [-0.4, -0.2) is 29.8 Å². The number of carbonyl (C=O) groups is 2. The van der Waals surface area contributed by atoms with E-state index in [1.54, 1.807) is 18.2 Å². The number of halogens is 1. The summed E-state index contributed by atoms with van der Waals surface area (Å²) in [7, 11) is 0. The maximum Gasteiger partial charge on any atom is 0.229 e. The van der Waals surface area contributed by atoms with E-state index in [1.807, 2.05) is 35.2 Å². The van der Waals surface area contributed by atoms with Crippen molar-refractivity contribution in [1.29, 1.82) is 0 Å². The topological polar surface area (TPSA) is 58.6 Å². The van der Waals surface area contributed by atoms with Gasteiger partial charge in [0, 0.05) is 24.0 Å². The van der Waals surface area contributed by atoms with Gasteiger partial charge in [-0.15, -0.1) is 0 Å². The van der Waals surface area contributed by atoms with Gasteiger partial charge in [0.25, 0.3) is 0 Å². The van der Waals surface area contributed by atoms with E-state index in [0.717, 1.165) is 32.2 Å². The lowest BCUT2D eigenvalue weighted by molar-refractivity contribution is -0.135. The molecule has 1 atom stereocenters. The van der Waals surface area contributed by atoms with E-state index in [0.29, 0.717) is 28.8 Å². The molecule has 1 aliphatic heterocycles. The number of piperidine rings is 1. The van der Waals surface area contributed by atoms with Crippen molar-refractivity contribution in [2.75, 3.05) is 18.4 Å². The molecule has 2 fully saturated rings. The van der Waals surface area contributed by atoms with Crippen LogP contribution in [0.1, 0.15) is 25.7 Å². The first-order chi connectivity index (χ1) is 13.6. The smallest absolute Gasteiger partial charge is 0.229 e. The number of nitrogens with one attached hydrogen (secondary N) is 1. The zero-order valence-corrected chi connectivity index (χ0v) is 16.3. The Morgan fingerprint density at radius 3 is 2.57 bits per heavy atom. The lowest BCUT2D eigenvalue weighted by atomic mass is 9.96. The second kappa shape index (κ2) is 8.23. The van der Waals surface area contributed by atoms with Crippen LogP contribution in [-0.2, 0) is 9.59 Å². The Morgan fingerprint density at radius 2 is 1.82 bits per heavy atom. The maximum absolute atomic E-state index is 12.9. The van der Waals surface area contributed by atoms with Crippen molar-refractivity contribution in [1.82, 2.24) is 4.90 Å². The van der Waals surface area contributed by atoms with Crippen molar-refractivity contribution in [2.24, 2.45) is 11.8 Å². The molecular formula is C22H23ClN2O3. The molecule has 4 rings (SSSR count). The third-order valence-corrected chi connectivity index (χ3v) is 5.44. The molecule has 2 aromatic carbocycles. The normalized spacial score (nSPS) is 19.2. The van der Waals surface area contributed by atoms with Crippen molar-refractivity contribution in [3.63, 3.8) is 0 Å². The second-order valence-corrected chi connectivity index (χ2v) is 7.88. The highest BCUT2D eigenvalue weighted by atomic mass is 35.5. The molecule has 1 N–H and O–H groups in total. The minimum Gasteiger partial charge on any atom is -0.455 e. The van der Waals surface area contributed by atoms with Gasteiger partial charge in [-0.05, 0) is 56.0 Å². The molecule has 1 heterocycles. The Labute approximate surface area is 169 Å². The molecule has 0 radical (unpaired) electrons. The van der Waals surface area contributed by atoms with Crippen LogP contribution >= 0.6 is 11.6 Å². The Bertz CT molecular complexity index is 867. The molecule has 5 nitrogen and oxygen atoms in total. The number of nitrogens with zero attached hydrogens (tertiary/aromatic N) is 1. The number of likely N-dealkylation sites (tertiary alicyclic amines) is 1. The van der Waals surface area contributed by atoms with E-state index in [1.165, 1.54) is 0 Å². The predicted octanol–water partition coefficient (Wildman–Crippen LogP) is 4.72. The zero-order chi connectivity index (χ0) is 19.5. The summed E-state index contributed by atoms with van der Waals surface area (Å²) in [6.07, 6.45) is 3.58. The second-order valence-electron chi connectivity index (χ2n) is 7.44. The van der Waals surface area contributed by atoms with Crippen molar-refractivity contribution in [2.45, 2.75) is 25.7 Å². The van der Waals surface area contributed by atoms with E-state index in [2.05, 4.69) is 5.32 Å². The number of anilines is 1. The van der Waals surface area contributed by atoms with Crippen LogP contribution in [0, 0.1) is 11.8 Å². The van der Waals surface area contributed by atoms with Gasteiger partial charge in [0.1, 0.15) is 5.75 Å². The Balaban J connectivity index is 1.46. The first kappa shape index (κ1) is 18.8. The minimum absolute atomic E-state index is 0.103. The van der Waals surface area contributed by atoms with Crippen LogP contribution in [0.25, 0.3) is 0 Å². The fourth-order valence-corrected chi connectivity index (χ4v) is 3.69. The number of amides is 2. The van der Waals surface area contributed by atoms with E-state index >= 15 is 0 Å². The summed E-state index contributed by atoms with van der Waals surface area (Å²) >= 11 is 6.14. The molecule has 1 unspecified atom stereocenters. The first-order valence-electron chi connectivity index (χ1n) is 9.72. The largest absolute Gasteiger partial charge is 0.455 e. The molecule has 1 saturated heterocycles. The lowest BCUT2D eigenvalue weighted by Crippen LogP contribution is -2.44. The van der Waals surface area contributed by atoms with Gasteiger partial charge in [-0.3, -0.25) is 9.59 Å². The summed E-state index contributed by atoms with van der Waals surface area (Å²) in [6.45, 7) is 1.23. The standard InChI is InChI=1S/C22H23ClN2O3/c23-17-10-11-20(28-18-6-2-1-3-7-18)19(13-17)24-21(26)16-5-4-12-25(14-16)22(27)15-8-9-15/h1-3,6-7,10-11,13,15-16H,4-5,8-9,12,14H2,(H,24,26). The van der Waals surface area contributed by atoms with Gasteiger partial charge in [0.2, 0.25) is 11.8 Å². The van der Waals surface area contributed by atoms with Gasteiger partial charge in [-0.2, -0.15) is 0 Å². The van der Waals surface area contributed by atoms with E-state index in [9.17, 15) is 9.59 Å². The average Bonchev–Trinajstić information content (AvgIpc) is 3.56. The molecule has 2 aliphatic rings. The number of carbonyl (C=O) groups excluding carboxylic acids is 2. The summed E-state index contributed by atoms with van der Waals surface area (Å²) < 4.78 is 5.91. The van der Waals surface area contributed by atoms with Gasteiger partial charge in [0.05, 0.1) is 11.6 Å². The molecule has 0 aromatic heterocycles. The number of hydrogen-bond acceptors (Lipinski definition) is 3. The number of para-hydroxylation sites is 1. The van der Waals surface area contributed by atoms with Crippen LogP contribution in [0.5, 0.6) is 11.5 Å². The van der Waals surface area contributed by atoms with Crippen molar-refractivity contribution in [3.05, 3.63) is 53.6 Å².